The number of carbonyl (C=O) groups is 1. The number of amides is 1. The topological polar surface area (TPSA) is 45.3 Å². The van der Waals surface area contributed by atoms with Gasteiger partial charge in [-0.15, -0.1) is 0 Å². The lowest BCUT2D eigenvalue weighted by atomic mass is 9.85. The lowest BCUT2D eigenvalue weighted by molar-refractivity contribution is -0.211. The Morgan fingerprint density at radius 1 is 0.674 bits per heavy atom. The van der Waals surface area contributed by atoms with Crippen molar-refractivity contribution in [2.45, 2.75) is 187 Å². The Balaban J connectivity index is 1.52. The molecule has 43 heavy (non-hydrogen) atoms. The largest absolute Gasteiger partial charge is 0.377 e. The van der Waals surface area contributed by atoms with E-state index in [4.69, 9.17) is 9.57 Å². The first-order chi connectivity index (χ1) is 21.0. The van der Waals surface area contributed by atoms with E-state index in [-0.39, 0.29) is 23.5 Å². The van der Waals surface area contributed by atoms with Crippen molar-refractivity contribution in [2.24, 2.45) is 5.41 Å². The predicted octanol–water partition coefficient (Wildman–Crippen LogP) is 8.77. The van der Waals surface area contributed by atoms with Crippen LogP contribution in [0.15, 0.2) is 0 Å². The Hall–Kier alpha value is -0.690. The minimum atomic E-state index is -0.242. The molecule has 0 radical (unpaired) electrons. The van der Waals surface area contributed by atoms with E-state index < -0.39 is 0 Å². The fourth-order valence-corrected chi connectivity index (χ4v) is 8.15. The van der Waals surface area contributed by atoms with E-state index in [0.29, 0.717) is 12.1 Å². The number of hydrogen-bond acceptors (Lipinski definition) is 5. The van der Waals surface area contributed by atoms with Gasteiger partial charge < -0.3 is 4.74 Å². The van der Waals surface area contributed by atoms with E-state index in [1.54, 1.807) is 5.06 Å². The molecule has 3 fully saturated rings. The van der Waals surface area contributed by atoms with Crippen molar-refractivity contribution in [3.8, 4) is 0 Å². The van der Waals surface area contributed by atoms with Crippen LogP contribution < -0.4 is 0 Å². The van der Waals surface area contributed by atoms with Crippen molar-refractivity contribution in [3.63, 3.8) is 0 Å². The Labute approximate surface area is 266 Å². The number of hydrogen-bond donors (Lipinski definition) is 0. The molecule has 252 valence electrons. The molecular weight excluding hydrogens is 534 g/mol. The maximum absolute atomic E-state index is 14.0. The van der Waals surface area contributed by atoms with E-state index >= 15 is 0 Å². The summed E-state index contributed by atoms with van der Waals surface area (Å²) in [6.07, 6.45) is 27.0. The molecule has 4 atom stereocenters. The molecule has 0 aromatic carbocycles. The maximum atomic E-state index is 14.0. The van der Waals surface area contributed by atoms with Crippen LogP contribution in [0.5, 0.6) is 0 Å². The quantitative estimate of drug-likeness (QED) is 0.103. The molecule has 3 aliphatic rings. The van der Waals surface area contributed by atoms with Gasteiger partial charge in [0.2, 0.25) is 0 Å². The van der Waals surface area contributed by atoms with Gasteiger partial charge in [0.15, 0.2) is 0 Å². The van der Waals surface area contributed by atoms with Crippen molar-refractivity contribution in [2.75, 3.05) is 39.8 Å². The molecule has 0 bridgehead atoms. The maximum Gasteiger partial charge on any atom is 0.253 e. The van der Waals surface area contributed by atoms with Gasteiger partial charge in [-0.2, -0.15) is 0 Å². The average Bonchev–Trinajstić information content (AvgIpc) is 3.72. The van der Waals surface area contributed by atoms with Crippen LogP contribution in [0, 0.1) is 5.41 Å². The minimum absolute atomic E-state index is 0.0309. The summed E-state index contributed by atoms with van der Waals surface area (Å²) in [5.41, 5.74) is -0.242. The minimum Gasteiger partial charge on any atom is -0.377 e. The second kappa shape index (κ2) is 20.4. The molecule has 0 N–H and O–H groups in total. The summed E-state index contributed by atoms with van der Waals surface area (Å²) in [4.78, 5) is 25.8. The summed E-state index contributed by atoms with van der Waals surface area (Å²) >= 11 is 0. The zero-order chi connectivity index (χ0) is 30.9. The highest BCUT2D eigenvalue weighted by Gasteiger charge is 2.53. The number of unbranched alkanes of at least 4 members (excludes halogenated alkanes) is 12. The number of likely N-dealkylation sites (tertiary alicyclic amines) is 2. The van der Waals surface area contributed by atoms with Crippen molar-refractivity contribution < 1.29 is 14.4 Å². The summed E-state index contributed by atoms with van der Waals surface area (Å²) in [5.74, 6) is 0.246. The van der Waals surface area contributed by atoms with Gasteiger partial charge in [-0.25, -0.2) is 5.06 Å². The van der Waals surface area contributed by atoms with E-state index in [1.165, 1.54) is 116 Å². The van der Waals surface area contributed by atoms with Crippen LogP contribution in [-0.2, 0) is 14.4 Å². The molecule has 6 nitrogen and oxygen atoms in total. The predicted molar refractivity (Wildman–Crippen MR) is 180 cm³/mol. The highest BCUT2D eigenvalue weighted by molar-refractivity contribution is 5.84. The van der Waals surface area contributed by atoms with Crippen molar-refractivity contribution >= 4 is 5.91 Å². The zero-order valence-corrected chi connectivity index (χ0v) is 29.3. The van der Waals surface area contributed by atoms with E-state index in [0.717, 1.165) is 52.0 Å². The molecule has 3 saturated heterocycles. The normalized spacial score (nSPS) is 25.7. The van der Waals surface area contributed by atoms with Crippen LogP contribution in [0.4, 0.5) is 0 Å². The Kier molecular flexibility index (Phi) is 17.5. The first-order valence-electron chi connectivity index (χ1n) is 19.0. The molecule has 1 spiro atoms. The number of nitrogens with zero attached hydrogens (tertiary/aromatic N) is 3. The van der Waals surface area contributed by atoms with Crippen LogP contribution in [0.1, 0.15) is 163 Å². The lowest BCUT2D eigenvalue weighted by Crippen LogP contribution is -2.43. The van der Waals surface area contributed by atoms with E-state index in [2.05, 4.69) is 37.5 Å². The van der Waals surface area contributed by atoms with Gasteiger partial charge in [0.25, 0.3) is 5.91 Å². The van der Waals surface area contributed by atoms with Gasteiger partial charge in [-0.05, 0) is 45.1 Å². The Bertz CT molecular complexity index is 737. The first-order valence-corrected chi connectivity index (χ1v) is 19.0. The highest BCUT2D eigenvalue weighted by atomic mass is 16.7. The van der Waals surface area contributed by atoms with Crippen molar-refractivity contribution in [1.29, 1.82) is 0 Å². The van der Waals surface area contributed by atoms with Crippen LogP contribution in [0.25, 0.3) is 0 Å². The van der Waals surface area contributed by atoms with Crippen LogP contribution in [0.2, 0.25) is 0 Å². The number of hydroxylamine groups is 2. The fraction of sp³-hybridized carbons (Fsp3) is 0.973. The molecule has 3 rings (SSSR count). The van der Waals surface area contributed by atoms with Gasteiger partial charge in [-0.3, -0.25) is 19.4 Å². The van der Waals surface area contributed by atoms with Gasteiger partial charge in [0.05, 0.1) is 11.5 Å². The third kappa shape index (κ3) is 11.3. The Morgan fingerprint density at radius 3 is 1.72 bits per heavy atom. The van der Waals surface area contributed by atoms with Gasteiger partial charge in [0, 0.05) is 45.4 Å². The summed E-state index contributed by atoms with van der Waals surface area (Å²) in [6.45, 7) is 13.7. The van der Waals surface area contributed by atoms with Gasteiger partial charge in [0.1, 0.15) is 6.10 Å². The molecule has 3 aliphatic heterocycles. The molecule has 1 amide bonds. The SMILES string of the molecule is CCCCCCCC(CC)N1C[C@H](OC)[C@H](ON2CCC3(CCN(C(CCCCCCC)CCCCCCC)C3)C2=O)C1. The molecule has 0 saturated carbocycles. The van der Waals surface area contributed by atoms with Crippen LogP contribution >= 0.6 is 0 Å². The molecular formula is C37H71N3O3. The average molecular weight is 606 g/mol. The summed E-state index contributed by atoms with van der Waals surface area (Å²) in [6, 6.07) is 1.22. The number of ether oxygens (including phenoxy) is 1. The van der Waals surface area contributed by atoms with Crippen molar-refractivity contribution in [1.82, 2.24) is 14.9 Å². The van der Waals surface area contributed by atoms with Crippen LogP contribution in [0.3, 0.4) is 0 Å². The zero-order valence-electron chi connectivity index (χ0n) is 29.3. The monoisotopic (exact) mass is 606 g/mol. The molecule has 6 heteroatoms. The second-order valence-electron chi connectivity index (χ2n) is 14.4. The standard InChI is InChI=1S/C37H71N3O3/c1-6-10-13-16-19-22-32(9-4)39-29-34(42-5)35(30-39)43-40-28-26-37(36(40)41)25-27-38(31-37)33(23-20-17-14-11-7-2)24-21-18-15-12-8-3/h32-35H,6-31H2,1-5H3/t32?,34-,35+,37?/m0/s1. The molecule has 0 aromatic rings. The third-order valence-corrected chi connectivity index (χ3v) is 11.1. The number of rotatable bonds is 24. The van der Waals surface area contributed by atoms with E-state index in [1.807, 2.05) is 7.11 Å². The van der Waals surface area contributed by atoms with Gasteiger partial charge >= 0.3 is 0 Å². The first kappa shape index (κ1) is 36.8. The highest BCUT2D eigenvalue weighted by Crippen LogP contribution is 2.43. The summed E-state index contributed by atoms with van der Waals surface area (Å²) in [7, 11) is 1.81. The van der Waals surface area contributed by atoms with E-state index in [9.17, 15) is 4.79 Å². The Morgan fingerprint density at radius 2 is 1.19 bits per heavy atom. The molecule has 2 unspecified atom stereocenters. The van der Waals surface area contributed by atoms with Crippen molar-refractivity contribution in [3.05, 3.63) is 0 Å². The number of carbonyl (C=O) groups excluding carboxylic acids is 1. The summed E-state index contributed by atoms with van der Waals surface area (Å²) in [5, 5.41) is 1.76. The molecule has 0 aromatic heterocycles. The number of methoxy groups -OCH3 is 1. The lowest BCUT2D eigenvalue weighted by Gasteiger charge is -2.30. The fourth-order valence-electron chi connectivity index (χ4n) is 8.15. The summed E-state index contributed by atoms with van der Waals surface area (Å²) < 4.78 is 5.93. The molecule has 3 heterocycles. The second-order valence-corrected chi connectivity index (χ2v) is 14.4. The smallest absolute Gasteiger partial charge is 0.253 e. The molecule has 0 aliphatic carbocycles. The van der Waals surface area contributed by atoms with Crippen LogP contribution in [-0.4, -0.2) is 84.9 Å². The van der Waals surface area contributed by atoms with Gasteiger partial charge in [-0.1, -0.05) is 124 Å². The third-order valence-electron chi connectivity index (χ3n) is 11.1.